The van der Waals surface area contributed by atoms with Crippen molar-refractivity contribution < 1.29 is 0 Å². The van der Waals surface area contributed by atoms with E-state index in [4.69, 9.17) is 0 Å². The molecule has 9 aromatic rings. The van der Waals surface area contributed by atoms with E-state index < -0.39 is 0 Å². The molecule has 1 aliphatic carbocycles. The van der Waals surface area contributed by atoms with Crippen LogP contribution in [0.15, 0.2) is 176 Å². The molecule has 3 aliphatic rings. The van der Waals surface area contributed by atoms with E-state index in [0.717, 1.165) is 0 Å². The van der Waals surface area contributed by atoms with Gasteiger partial charge in [0, 0.05) is 39.5 Å². The fourth-order valence-electron chi connectivity index (χ4n) is 11.2. The Labute approximate surface area is 378 Å². The highest BCUT2D eigenvalue weighted by Crippen LogP contribution is 2.51. The quantitative estimate of drug-likeness (QED) is 0.164. The van der Waals surface area contributed by atoms with E-state index in [2.05, 4.69) is 241 Å². The predicted molar refractivity (Wildman–Crippen MR) is 276 cm³/mol. The molecule has 310 valence electrons. The summed E-state index contributed by atoms with van der Waals surface area (Å²) in [6.45, 7) is 18.6. The molecule has 0 bridgehead atoms. The summed E-state index contributed by atoms with van der Waals surface area (Å²) in [6.07, 6.45) is 0. The lowest BCUT2D eigenvalue weighted by atomic mass is 9.33. The summed E-state index contributed by atoms with van der Waals surface area (Å²) in [7, 11) is 0. The van der Waals surface area contributed by atoms with E-state index in [9.17, 15) is 0 Å². The van der Waals surface area contributed by atoms with Crippen LogP contribution in [0, 0.1) is 0 Å². The first-order chi connectivity index (χ1) is 30.7. The second-order valence-electron chi connectivity index (χ2n) is 21.1. The summed E-state index contributed by atoms with van der Waals surface area (Å²) in [4.78, 5) is 5.15. The first kappa shape index (κ1) is 38.8. The van der Waals surface area contributed by atoms with Crippen LogP contribution in [0.4, 0.5) is 34.1 Å². The maximum atomic E-state index is 2.58. The average molecular weight is 825 g/mol. The third-order valence-corrected chi connectivity index (χ3v) is 14.7. The molecule has 2 heterocycles. The number of nitrogens with zero attached hydrogens (tertiary/aromatic N) is 2. The summed E-state index contributed by atoms with van der Waals surface area (Å²) in [5.41, 5.74) is 21.8. The summed E-state index contributed by atoms with van der Waals surface area (Å²) in [6, 6.07) is 67.6. The van der Waals surface area contributed by atoms with Gasteiger partial charge in [0.1, 0.15) is 0 Å². The van der Waals surface area contributed by atoms with E-state index in [1.165, 1.54) is 117 Å². The van der Waals surface area contributed by atoms with Crippen LogP contribution in [0.5, 0.6) is 0 Å². The van der Waals surface area contributed by atoms with Gasteiger partial charge in [0.2, 0.25) is 0 Å². The zero-order chi connectivity index (χ0) is 43.9. The third-order valence-electron chi connectivity index (χ3n) is 14.7. The lowest BCUT2D eigenvalue weighted by molar-refractivity contribution is 0.590. The lowest BCUT2D eigenvalue weighted by Gasteiger charge is -2.45. The van der Waals surface area contributed by atoms with Gasteiger partial charge >= 0.3 is 0 Å². The Kier molecular flexibility index (Phi) is 8.24. The molecule has 2 aliphatic heterocycles. The van der Waals surface area contributed by atoms with Gasteiger partial charge in [0.25, 0.3) is 6.71 Å². The highest BCUT2D eigenvalue weighted by atomic mass is 15.2. The SMILES string of the molecule is CC(C)(C)c1ccc(N2c3cc4ccccc4cc3B3c4cc5ccccc5cc4N(c4ccc(C(C)(C)C)cc4)c4cc(-c5ccc6c(c5)C(C)(C)c5ccccc5-6)cc2c43)cc1. The van der Waals surface area contributed by atoms with Gasteiger partial charge in [-0.2, -0.15) is 0 Å². The van der Waals surface area contributed by atoms with Gasteiger partial charge < -0.3 is 9.80 Å². The molecule has 0 aromatic heterocycles. The molecule has 0 unspecified atom stereocenters. The van der Waals surface area contributed by atoms with Gasteiger partial charge in [-0.3, -0.25) is 0 Å². The zero-order valence-corrected chi connectivity index (χ0v) is 38.2. The lowest BCUT2D eigenvalue weighted by Crippen LogP contribution is -2.61. The number of anilines is 6. The number of hydrogen-bond donors (Lipinski definition) is 0. The van der Waals surface area contributed by atoms with Crippen LogP contribution in [-0.4, -0.2) is 6.71 Å². The minimum atomic E-state index is -0.114. The molecular weight excluding hydrogens is 771 g/mol. The molecule has 3 heteroatoms. The molecule has 9 aromatic carbocycles. The summed E-state index contributed by atoms with van der Waals surface area (Å²) in [5, 5.41) is 5.01. The number of rotatable bonds is 3. The Morgan fingerprint density at radius 1 is 0.391 bits per heavy atom. The highest BCUT2D eigenvalue weighted by molar-refractivity contribution is 7.00. The van der Waals surface area contributed by atoms with Crippen LogP contribution >= 0.6 is 0 Å². The second-order valence-corrected chi connectivity index (χ2v) is 21.1. The van der Waals surface area contributed by atoms with E-state index in [-0.39, 0.29) is 23.0 Å². The Bertz CT molecular complexity index is 3210. The van der Waals surface area contributed by atoms with Gasteiger partial charge in [0.05, 0.1) is 0 Å². The first-order valence-corrected chi connectivity index (χ1v) is 23.0. The Morgan fingerprint density at radius 2 is 0.828 bits per heavy atom. The summed E-state index contributed by atoms with van der Waals surface area (Å²) < 4.78 is 0. The number of hydrogen-bond acceptors (Lipinski definition) is 2. The Morgan fingerprint density at radius 3 is 1.31 bits per heavy atom. The van der Waals surface area contributed by atoms with Crippen molar-refractivity contribution in [3.05, 3.63) is 198 Å². The highest BCUT2D eigenvalue weighted by Gasteiger charge is 2.44. The smallest absolute Gasteiger partial charge is 0.252 e. The van der Waals surface area contributed by atoms with Crippen molar-refractivity contribution in [2.45, 2.75) is 71.6 Å². The Hall–Kier alpha value is -6.84. The fourth-order valence-corrected chi connectivity index (χ4v) is 11.2. The van der Waals surface area contributed by atoms with Crippen LogP contribution in [0.2, 0.25) is 0 Å². The molecule has 0 saturated heterocycles. The van der Waals surface area contributed by atoms with Crippen molar-refractivity contribution in [1.82, 2.24) is 0 Å². The molecule has 2 nitrogen and oxygen atoms in total. The van der Waals surface area contributed by atoms with E-state index >= 15 is 0 Å². The molecule has 0 amide bonds. The molecule has 0 N–H and O–H groups in total. The minimum Gasteiger partial charge on any atom is -0.311 e. The fraction of sp³-hybridized carbons (Fsp3) is 0.180. The maximum absolute atomic E-state index is 2.58. The monoisotopic (exact) mass is 824 g/mol. The molecule has 0 spiro atoms. The maximum Gasteiger partial charge on any atom is 0.252 e. The zero-order valence-electron chi connectivity index (χ0n) is 38.2. The summed E-state index contributed by atoms with van der Waals surface area (Å²) >= 11 is 0. The van der Waals surface area contributed by atoms with E-state index in [0.29, 0.717) is 0 Å². The Balaban J connectivity index is 1.19. The van der Waals surface area contributed by atoms with Crippen molar-refractivity contribution >= 4 is 78.8 Å². The van der Waals surface area contributed by atoms with Gasteiger partial charge in [-0.05, 0) is 148 Å². The van der Waals surface area contributed by atoms with Crippen LogP contribution in [0.3, 0.4) is 0 Å². The molecule has 0 atom stereocenters. The van der Waals surface area contributed by atoms with Gasteiger partial charge in [-0.25, -0.2) is 0 Å². The average Bonchev–Trinajstić information content (AvgIpc) is 3.52. The van der Waals surface area contributed by atoms with Crippen molar-refractivity contribution in [3.63, 3.8) is 0 Å². The molecule has 12 rings (SSSR count). The number of fused-ring (bicyclic) bond motifs is 9. The topological polar surface area (TPSA) is 6.48 Å². The number of benzene rings is 9. The molecule has 64 heavy (non-hydrogen) atoms. The van der Waals surface area contributed by atoms with Gasteiger partial charge in [-0.1, -0.05) is 177 Å². The van der Waals surface area contributed by atoms with Gasteiger partial charge in [0.15, 0.2) is 0 Å². The molecule has 0 saturated carbocycles. The molecular formula is C61H53BN2. The van der Waals surface area contributed by atoms with E-state index in [1.54, 1.807) is 0 Å². The second kappa shape index (κ2) is 13.6. The van der Waals surface area contributed by atoms with Crippen molar-refractivity contribution in [2.75, 3.05) is 9.80 Å². The van der Waals surface area contributed by atoms with E-state index in [1.807, 2.05) is 0 Å². The van der Waals surface area contributed by atoms with Crippen LogP contribution in [0.25, 0.3) is 43.8 Å². The van der Waals surface area contributed by atoms with Gasteiger partial charge in [-0.15, -0.1) is 0 Å². The van der Waals surface area contributed by atoms with Crippen LogP contribution < -0.4 is 26.2 Å². The largest absolute Gasteiger partial charge is 0.311 e. The van der Waals surface area contributed by atoms with Crippen molar-refractivity contribution in [1.29, 1.82) is 0 Å². The first-order valence-electron chi connectivity index (χ1n) is 23.0. The normalized spacial score (nSPS) is 14.6. The standard InChI is InChI=1S/C61H53BN2/c1-59(2,3)44-22-26-46(27-23-44)63-54-34-40-17-11-9-15-38(40)32-52(54)62-53-33-39-16-10-12-18-41(39)35-55(53)64(47-28-24-45(25-29-47)60(4,5)6)57-37-43(36-56(63)58(57)62)42-21-30-49-48-19-13-14-20-50(48)61(7,8)51(49)31-42/h9-37H,1-8H3. The predicted octanol–water partition coefficient (Wildman–Crippen LogP) is 14.6. The molecule has 0 fully saturated rings. The van der Waals surface area contributed by atoms with Crippen molar-refractivity contribution in [3.8, 4) is 22.3 Å². The van der Waals surface area contributed by atoms with Crippen LogP contribution in [-0.2, 0) is 16.2 Å². The van der Waals surface area contributed by atoms with Crippen LogP contribution in [0.1, 0.15) is 77.6 Å². The molecule has 0 radical (unpaired) electrons. The third kappa shape index (κ3) is 5.79. The minimum absolute atomic E-state index is 0.00177. The summed E-state index contributed by atoms with van der Waals surface area (Å²) in [5.74, 6) is 0. The van der Waals surface area contributed by atoms with Crippen molar-refractivity contribution in [2.24, 2.45) is 0 Å².